The first-order valence-corrected chi connectivity index (χ1v) is 5.59. The van der Waals surface area contributed by atoms with Gasteiger partial charge in [0.15, 0.2) is 0 Å². The summed E-state index contributed by atoms with van der Waals surface area (Å²) < 4.78 is 87.0. The molecule has 0 saturated heterocycles. The molecule has 0 spiro atoms. The third-order valence-corrected chi connectivity index (χ3v) is 2.85. The summed E-state index contributed by atoms with van der Waals surface area (Å²) in [5, 5.41) is 1.31. The van der Waals surface area contributed by atoms with Gasteiger partial charge in [0.05, 0.1) is 5.69 Å². The molecule has 112 valence electrons. The Morgan fingerprint density at radius 3 is 1.95 bits per heavy atom. The fraction of sp³-hybridized carbons (Fsp3) is 0.300. The van der Waals surface area contributed by atoms with Gasteiger partial charge in [-0.3, -0.25) is 4.79 Å². The third-order valence-electron chi connectivity index (χ3n) is 2.16. The predicted octanol–water partition coefficient (Wildman–Crippen LogP) is 4.22. The van der Waals surface area contributed by atoms with E-state index >= 15 is 0 Å². The molecule has 1 rings (SSSR count). The number of para-hydroxylation sites is 1. The van der Waals surface area contributed by atoms with Crippen LogP contribution in [0.3, 0.4) is 0 Å². The number of halogens is 8. The van der Waals surface area contributed by atoms with E-state index in [1.54, 1.807) is 0 Å². The van der Waals surface area contributed by atoms with Crippen LogP contribution in [0.5, 0.6) is 0 Å². The fourth-order valence-electron chi connectivity index (χ4n) is 1.08. The van der Waals surface area contributed by atoms with Gasteiger partial charge in [-0.2, -0.15) is 30.7 Å². The van der Waals surface area contributed by atoms with Crippen molar-refractivity contribution >= 4 is 27.5 Å². The standard InChI is InChI=1S/C10H5BrF7NO/c11-5-3-1-2-4-6(5)19-7(20)8(12,13)9(14,15)10(16,17)18/h1-4H,(H,19,20). The lowest BCUT2D eigenvalue weighted by Crippen LogP contribution is -2.57. The summed E-state index contributed by atoms with van der Waals surface area (Å²) in [5.41, 5.74) is -0.366. The summed E-state index contributed by atoms with van der Waals surface area (Å²) >= 11 is 2.81. The van der Waals surface area contributed by atoms with E-state index < -0.39 is 23.9 Å². The van der Waals surface area contributed by atoms with Crippen LogP contribution in [0.25, 0.3) is 0 Å². The first kappa shape index (κ1) is 16.7. The van der Waals surface area contributed by atoms with Crippen LogP contribution in [0.2, 0.25) is 0 Å². The number of benzene rings is 1. The van der Waals surface area contributed by atoms with Gasteiger partial charge < -0.3 is 5.32 Å². The van der Waals surface area contributed by atoms with Crippen molar-refractivity contribution in [1.82, 2.24) is 0 Å². The molecule has 2 nitrogen and oxygen atoms in total. The number of carbonyl (C=O) groups excluding carboxylic acids is 1. The molecule has 0 aliphatic rings. The van der Waals surface area contributed by atoms with Gasteiger partial charge in [-0.1, -0.05) is 12.1 Å². The van der Waals surface area contributed by atoms with Gasteiger partial charge in [-0.15, -0.1) is 0 Å². The Labute approximate surface area is 116 Å². The second kappa shape index (κ2) is 5.23. The van der Waals surface area contributed by atoms with E-state index in [9.17, 15) is 35.5 Å². The van der Waals surface area contributed by atoms with Crippen molar-refractivity contribution in [3.63, 3.8) is 0 Å². The number of rotatable bonds is 3. The molecule has 0 fully saturated rings. The van der Waals surface area contributed by atoms with Crippen molar-refractivity contribution in [2.75, 3.05) is 5.32 Å². The van der Waals surface area contributed by atoms with Crippen molar-refractivity contribution < 1.29 is 35.5 Å². The van der Waals surface area contributed by atoms with Gasteiger partial charge in [-0.25, -0.2) is 0 Å². The van der Waals surface area contributed by atoms with E-state index in [4.69, 9.17) is 0 Å². The van der Waals surface area contributed by atoms with E-state index in [2.05, 4.69) is 15.9 Å². The van der Waals surface area contributed by atoms with Gasteiger partial charge in [0.25, 0.3) is 0 Å². The van der Waals surface area contributed by atoms with E-state index in [1.165, 1.54) is 23.5 Å². The Balaban J connectivity index is 3.05. The zero-order valence-corrected chi connectivity index (χ0v) is 10.8. The van der Waals surface area contributed by atoms with Crippen LogP contribution in [0.1, 0.15) is 0 Å². The molecule has 0 saturated carbocycles. The molecule has 0 aliphatic carbocycles. The van der Waals surface area contributed by atoms with Crippen LogP contribution in [0.4, 0.5) is 36.4 Å². The fourth-order valence-corrected chi connectivity index (χ4v) is 1.47. The SMILES string of the molecule is O=C(Nc1ccccc1Br)C(F)(F)C(F)(F)C(F)(F)F. The number of hydrogen-bond donors (Lipinski definition) is 1. The third kappa shape index (κ3) is 2.89. The van der Waals surface area contributed by atoms with Gasteiger partial charge in [0, 0.05) is 4.47 Å². The number of alkyl halides is 7. The molecule has 1 aromatic carbocycles. The van der Waals surface area contributed by atoms with Gasteiger partial charge in [-0.05, 0) is 28.1 Å². The quantitative estimate of drug-likeness (QED) is 0.796. The lowest BCUT2D eigenvalue weighted by Gasteiger charge is -2.27. The van der Waals surface area contributed by atoms with Gasteiger partial charge in [0.2, 0.25) is 0 Å². The molecule has 0 heterocycles. The summed E-state index contributed by atoms with van der Waals surface area (Å²) in [6, 6.07) is 5.00. The minimum Gasteiger partial charge on any atom is -0.320 e. The van der Waals surface area contributed by atoms with Crippen LogP contribution < -0.4 is 5.32 Å². The zero-order valence-electron chi connectivity index (χ0n) is 9.24. The Hall–Kier alpha value is -1.32. The van der Waals surface area contributed by atoms with E-state index in [1.807, 2.05) is 0 Å². The average molecular weight is 368 g/mol. The maximum Gasteiger partial charge on any atom is 0.460 e. The number of hydrogen-bond acceptors (Lipinski definition) is 1. The second-order valence-corrected chi connectivity index (χ2v) is 4.43. The van der Waals surface area contributed by atoms with Crippen molar-refractivity contribution in [2.24, 2.45) is 0 Å². The molecule has 0 radical (unpaired) electrons. The predicted molar refractivity (Wildman–Crippen MR) is 58.7 cm³/mol. The van der Waals surface area contributed by atoms with Crippen molar-refractivity contribution in [2.45, 2.75) is 18.0 Å². The number of anilines is 1. The highest BCUT2D eigenvalue weighted by Gasteiger charge is 2.76. The maximum atomic E-state index is 13.0. The number of carbonyl (C=O) groups is 1. The molecule has 1 aromatic rings. The lowest BCUT2D eigenvalue weighted by molar-refractivity contribution is -0.343. The van der Waals surface area contributed by atoms with Crippen LogP contribution >= 0.6 is 15.9 Å². The Bertz CT molecular complexity index is 515. The monoisotopic (exact) mass is 367 g/mol. The summed E-state index contributed by atoms with van der Waals surface area (Å²) in [6.07, 6.45) is -6.55. The van der Waals surface area contributed by atoms with Crippen LogP contribution in [0.15, 0.2) is 28.7 Å². The summed E-state index contributed by atoms with van der Waals surface area (Å²) in [7, 11) is 0. The van der Waals surface area contributed by atoms with Crippen LogP contribution in [-0.2, 0) is 4.79 Å². The van der Waals surface area contributed by atoms with Gasteiger partial charge >= 0.3 is 23.9 Å². The molecule has 10 heteroatoms. The van der Waals surface area contributed by atoms with Crippen molar-refractivity contribution in [3.8, 4) is 0 Å². The summed E-state index contributed by atoms with van der Waals surface area (Å²) in [5.74, 6) is -15.2. The Morgan fingerprint density at radius 2 is 1.50 bits per heavy atom. The molecule has 1 amide bonds. The Morgan fingerprint density at radius 1 is 1.00 bits per heavy atom. The minimum atomic E-state index is -6.55. The van der Waals surface area contributed by atoms with Crippen LogP contribution in [0, 0.1) is 0 Å². The zero-order chi connectivity index (χ0) is 15.8. The highest BCUT2D eigenvalue weighted by atomic mass is 79.9. The van der Waals surface area contributed by atoms with Gasteiger partial charge in [0.1, 0.15) is 0 Å². The molecular formula is C10H5BrF7NO. The number of nitrogens with one attached hydrogen (secondary N) is 1. The van der Waals surface area contributed by atoms with Crippen LogP contribution in [-0.4, -0.2) is 23.9 Å². The van der Waals surface area contributed by atoms with E-state index in [0.717, 1.165) is 6.07 Å². The molecule has 0 aliphatic heterocycles. The molecule has 0 unspecified atom stereocenters. The highest BCUT2D eigenvalue weighted by molar-refractivity contribution is 9.10. The average Bonchev–Trinajstić information content (AvgIpc) is 2.30. The summed E-state index contributed by atoms with van der Waals surface area (Å²) in [4.78, 5) is 11.0. The lowest BCUT2D eigenvalue weighted by atomic mass is 10.1. The molecule has 0 bridgehead atoms. The van der Waals surface area contributed by atoms with E-state index in [0.29, 0.717) is 0 Å². The maximum absolute atomic E-state index is 13.0. The molecule has 0 atom stereocenters. The molecule has 20 heavy (non-hydrogen) atoms. The summed E-state index contributed by atoms with van der Waals surface area (Å²) in [6.45, 7) is 0. The van der Waals surface area contributed by atoms with Crippen molar-refractivity contribution in [3.05, 3.63) is 28.7 Å². The largest absolute Gasteiger partial charge is 0.460 e. The Kier molecular flexibility index (Phi) is 4.37. The number of amides is 1. The van der Waals surface area contributed by atoms with E-state index in [-0.39, 0.29) is 10.2 Å². The molecule has 0 aromatic heterocycles. The second-order valence-electron chi connectivity index (χ2n) is 3.58. The molecular weight excluding hydrogens is 363 g/mol. The topological polar surface area (TPSA) is 29.1 Å². The molecule has 1 N–H and O–H groups in total. The first-order chi connectivity index (χ1) is 8.91. The smallest absolute Gasteiger partial charge is 0.320 e. The highest BCUT2D eigenvalue weighted by Crippen LogP contribution is 2.47. The first-order valence-electron chi connectivity index (χ1n) is 4.79. The minimum absolute atomic E-state index is 0.0412. The van der Waals surface area contributed by atoms with Crippen molar-refractivity contribution in [1.29, 1.82) is 0 Å². The normalized spacial score (nSPS) is 13.2.